The molecule has 138 valence electrons. The summed E-state index contributed by atoms with van der Waals surface area (Å²) in [6.45, 7) is 3.59. The third-order valence-corrected chi connectivity index (χ3v) is 3.73. The van der Waals surface area contributed by atoms with Crippen LogP contribution in [0.2, 0.25) is 0 Å². The van der Waals surface area contributed by atoms with Crippen LogP contribution in [0.1, 0.15) is 17.3 Å². The smallest absolute Gasteiger partial charge is 0.340 e. The topological polar surface area (TPSA) is 94.7 Å². The number of hydrogen-bond donors (Lipinski definition) is 0. The Balaban J connectivity index is 1.43. The molecule has 2 aliphatic heterocycles. The van der Waals surface area contributed by atoms with E-state index in [0.29, 0.717) is 31.1 Å². The molecule has 3 rings (SSSR count). The van der Waals surface area contributed by atoms with E-state index in [4.69, 9.17) is 18.9 Å². The molecule has 8 nitrogen and oxygen atoms in total. The molecule has 26 heavy (non-hydrogen) atoms. The minimum Gasteiger partial charge on any atom is -0.432 e. The highest BCUT2D eigenvalue weighted by atomic mass is 16.7. The highest BCUT2D eigenvalue weighted by Gasteiger charge is 2.25. The molecule has 0 N–H and O–H groups in total. The van der Waals surface area contributed by atoms with Gasteiger partial charge >= 0.3 is 5.97 Å². The maximum absolute atomic E-state index is 12.1. The number of carbonyl (C=O) groups excluding carboxylic acids is 3. The van der Waals surface area contributed by atoms with E-state index in [-0.39, 0.29) is 6.10 Å². The third-order valence-electron chi connectivity index (χ3n) is 3.73. The first kappa shape index (κ1) is 18.2. The zero-order valence-corrected chi connectivity index (χ0v) is 14.3. The zero-order valence-electron chi connectivity index (χ0n) is 14.3. The van der Waals surface area contributed by atoms with Crippen LogP contribution in [0.5, 0.6) is 0 Å². The molecule has 2 aliphatic rings. The number of esters is 1. The molecule has 2 unspecified atom stereocenters. The van der Waals surface area contributed by atoms with E-state index in [1.807, 2.05) is 0 Å². The van der Waals surface area contributed by atoms with Crippen molar-refractivity contribution < 1.29 is 33.3 Å². The molecule has 0 radical (unpaired) electrons. The van der Waals surface area contributed by atoms with E-state index in [1.54, 1.807) is 6.92 Å². The maximum Gasteiger partial charge on any atom is 0.340 e. The van der Waals surface area contributed by atoms with Crippen LogP contribution in [0, 0.1) is 0 Å². The Bertz CT molecular complexity index is 691. The highest BCUT2D eigenvalue weighted by molar-refractivity contribution is 6.28. The summed E-state index contributed by atoms with van der Waals surface area (Å²) in [6, 6.07) is 6.00. The lowest BCUT2D eigenvalue weighted by atomic mass is 10.2. The van der Waals surface area contributed by atoms with Gasteiger partial charge in [-0.1, -0.05) is 0 Å². The fraction of sp³-hybridized carbons (Fsp3) is 0.389. The second-order valence-electron chi connectivity index (χ2n) is 5.77. The second kappa shape index (κ2) is 8.22. The fourth-order valence-corrected chi connectivity index (χ4v) is 2.31. The van der Waals surface area contributed by atoms with Gasteiger partial charge in [-0.05, 0) is 31.2 Å². The molecule has 2 atom stereocenters. The molecule has 2 amide bonds. The van der Waals surface area contributed by atoms with Crippen molar-refractivity contribution in [2.75, 3.05) is 31.3 Å². The van der Waals surface area contributed by atoms with Gasteiger partial charge in [-0.3, -0.25) is 9.59 Å². The van der Waals surface area contributed by atoms with Gasteiger partial charge in [-0.15, -0.1) is 0 Å². The summed E-state index contributed by atoms with van der Waals surface area (Å²) in [5, 5.41) is 0. The predicted molar refractivity (Wildman–Crippen MR) is 89.5 cm³/mol. The Morgan fingerprint density at radius 1 is 1.19 bits per heavy atom. The van der Waals surface area contributed by atoms with E-state index >= 15 is 0 Å². The number of rotatable bonds is 9. The lowest BCUT2D eigenvalue weighted by Crippen LogP contribution is -2.29. The van der Waals surface area contributed by atoms with Crippen molar-refractivity contribution in [3.8, 4) is 0 Å². The van der Waals surface area contributed by atoms with Crippen molar-refractivity contribution >= 4 is 23.5 Å². The van der Waals surface area contributed by atoms with Crippen LogP contribution in [0.25, 0.3) is 0 Å². The summed E-state index contributed by atoms with van der Waals surface area (Å²) >= 11 is 0. The summed E-state index contributed by atoms with van der Waals surface area (Å²) in [5.74, 6) is -1.39. The average Bonchev–Trinajstić information content (AvgIpc) is 3.38. The minimum atomic E-state index is -0.728. The quantitative estimate of drug-likeness (QED) is 0.213. The third kappa shape index (κ3) is 4.75. The van der Waals surface area contributed by atoms with Gasteiger partial charge in [0.15, 0.2) is 0 Å². The highest BCUT2D eigenvalue weighted by Crippen LogP contribution is 2.20. The van der Waals surface area contributed by atoms with Crippen LogP contribution in [0.15, 0.2) is 36.4 Å². The number of amides is 2. The van der Waals surface area contributed by atoms with Crippen LogP contribution in [-0.4, -0.2) is 56.6 Å². The van der Waals surface area contributed by atoms with E-state index in [2.05, 4.69) is 0 Å². The summed E-state index contributed by atoms with van der Waals surface area (Å²) in [6.07, 6.45) is 1.87. The Kier molecular flexibility index (Phi) is 5.77. The Hall–Kier alpha value is -2.55. The van der Waals surface area contributed by atoms with Gasteiger partial charge in [-0.25, -0.2) is 9.69 Å². The predicted octanol–water partition coefficient (Wildman–Crippen LogP) is 1.05. The van der Waals surface area contributed by atoms with E-state index < -0.39 is 24.1 Å². The van der Waals surface area contributed by atoms with Gasteiger partial charge in [0.1, 0.15) is 6.10 Å². The van der Waals surface area contributed by atoms with Gasteiger partial charge in [0.25, 0.3) is 11.8 Å². The Morgan fingerprint density at radius 2 is 1.85 bits per heavy atom. The molecule has 0 aromatic heterocycles. The Labute approximate surface area is 150 Å². The van der Waals surface area contributed by atoms with Crippen LogP contribution in [-0.2, 0) is 28.5 Å². The normalized spacial score (nSPS) is 19.7. The molecular formula is C18H19NO7. The van der Waals surface area contributed by atoms with E-state index in [1.165, 1.54) is 36.4 Å². The lowest BCUT2D eigenvalue weighted by Gasteiger charge is -2.16. The molecule has 2 heterocycles. The van der Waals surface area contributed by atoms with Crippen molar-refractivity contribution in [3.63, 3.8) is 0 Å². The van der Waals surface area contributed by atoms with Crippen LogP contribution in [0.4, 0.5) is 5.69 Å². The first-order valence-electron chi connectivity index (χ1n) is 8.23. The number of hydrogen-bond acceptors (Lipinski definition) is 7. The number of epoxide rings is 1. The molecular weight excluding hydrogens is 342 g/mol. The van der Waals surface area contributed by atoms with Crippen LogP contribution in [0.3, 0.4) is 0 Å². The van der Waals surface area contributed by atoms with Crippen molar-refractivity contribution in [1.82, 2.24) is 0 Å². The number of nitrogens with zero attached hydrogens (tertiary/aromatic N) is 1. The Morgan fingerprint density at radius 3 is 2.46 bits per heavy atom. The first-order valence-corrected chi connectivity index (χ1v) is 8.23. The van der Waals surface area contributed by atoms with Gasteiger partial charge in [0.05, 0.1) is 37.7 Å². The fourth-order valence-electron chi connectivity index (χ4n) is 2.31. The summed E-state index contributed by atoms with van der Waals surface area (Å²) in [4.78, 5) is 36.4. The van der Waals surface area contributed by atoms with Crippen molar-refractivity contribution in [3.05, 3.63) is 42.0 Å². The number of anilines is 1. The van der Waals surface area contributed by atoms with Gasteiger partial charge in [-0.2, -0.15) is 0 Å². The summed E-state index contributed by atoms with van der Waals surface area (Å²) in [7, 11) is 0. The van der Waals surface area contributed by atoms with Gasteiger partial charge in [0, 0.05) is 12.2 Å². The average molecular weight is 361 g/mol. The maximum atomic E-state index is 12.1. The molecule has 0 saturated carbocycles. The molecule has 0 bridgehead atoms. The van der Waals surface area contributed by atoms with Gasteiger partial charge < -0.3 is 18.9 Å². The molecule has 8 heteroatoms. The molecule has 1 saturated heterocycles. The van der Waals surface area contributed by atoms with E-state index in [9.17, 15) is 14.4 Å². The SMILES string of the molecule is CC(OCCOCC1CO1)OC(=O)c1ccc(N2C(=O)C=CC2=O)cc1. The molecule has 0 spiro atoms. The van der Waals surface area contributed by atoms with Crippen LogP contribution >= 0.6 is 0 Å². The molecule has 1 fully saturated rings. The van der Waals surface area contributed by atoms with Crippen molar-refractivity contribution in [1.29, 1.82) is 0 Å². The summed E-state index contributed by atoms with van der Waals surface area (Å²) in [5.41, 5.74) is 0.682. The first-order chi connectivity index (χ1) is 12.5. The molecule has 0 aliphatic carbocycles. The summed E-state index contributed by atoms with van der Waals surface area (Å²) < 4.78 is 20.9. The van der Waals surface area contributed by atoms with Crippen molar-refractivity contribution in [2.24, 2.45) is 0 Å². The number of ether oxygens (including phenoxy) is 4. The zero-order chi connectivity index (χ0) is 18.5. The minimum absolute atomic E-state index is 0.204. The standard InChI is InChI=1S/C18H19NO7/c1-12(24-9-8-23-10-15-11-25-15)26-18(22)13-2-4-14(5-3-13)19-16(20)6-7-17(19)21/h2-7,12,15H,8-11H2,1H3. The number of imide groups is 1. The van der Waals surface area contributed by atoms with Gasteiger partial charge in [0.2, 0.25) is 6.29 Å². The lowest BCUT2D eigenvalue weighted by molar-refractivity contribution is -0.120. The van der Waals surface area contributed by atoms with Crippen molar-refractivity contribution in [2.45, 2.75) is 19.3 Å². The number of benzene rings is 1. The monoisotopic (exact) mass is 361 g/mol. The second-order valence-corrected chi connectivity index (χ2v) is 5.77. The van der Waals surface area contributed by atoms with Crippen LogP contribution < -0.4 is 4.90 Å². The molecule has 1 aromatic rings. The number of carbonyl (C=O) groups is 3. The van der Waals surface area contributed by atoms with E-state index in [0.717, 1.165) is 11.5 Å². The molecule has 1 aromatic carbocycles. The largest absolute Gasteiger partial charge is 0.432 e.